The van der Waals surface area contributed by atoms with Gasteiger partial charge in [0.15, 0.2) is 0 Å². The third kappa shape index (κ3) is 3.13. The van der Waals surface area contributed by atoms with Gasteiger partial charge in [0.2, 0.25) is 11.8 Å². The van der Waals surface area contributed by atoms with Crippen molar-refractivity contribution in [2.45, 2.75) is 25.3 Å². The average molecular weight is 327 g/mol. The van der Waals surface area contributed by atoms with Crippen LogP contribution in [0, 0.1) is 11.6 Å². The van der Waals surface area contributed by atoms with E-state index in [1.54, 1.807) is 18.2 Å². The van der Waals surface area contributed by atoms with Gasteiger partial charge >= 0.3 is 0 Å². The van der Waals surface area contributed by atoms with E-state index < -0.39 is 0 Å². The van der Waals surface area contributed by atoms with Crippen LogP contribution in [0.2, 0.25) is 0 Å². The predicted octanol–water partition coefficient (Wildman–Crippen LogP) is 4.50. The van der Waals surface area contributed by atoms with Crippen molar-refractivity contribution in [1.29, 1.82) is 0 Å². The molecule has 2 aromatic carbocycles. The summed E-state index contributed by atoms with van der Waals surface area (Å²) in [6.45, 7) is 0.347. The highest BCUT2D eigenvalue weighted by Gasteiger charge is 2.29. The third-order valence-corrected chi connectivity index (χ3v) is 3.98. The van der Waals surface area contributed by atoms with Crippen LogP contribution in [0.3, 0.4) is 0 Å². The SMILES string of the molecule is Fc1ccc(-c2cc(F)ccc2NCc2nnc(C3CC3)o2)cc1. The minimum absolute atomic E-state index is 0.330. The lowest BCUT2D eigenvalue weighted by molar-refractivity contribution is 0.457. The van der Waals surface area contributed by atoms with Crippen molar-refractivity contribution < 1.29 is 13.2 Å². The van der Waals surface area contributed by atoms with Gasteiger partial charge in [-0.3, -0.25) is 0 Å². The molecule has 0 spiro atoms. The van der Waals surface area contributed by atoms with Crippen molar-refractivity contribution in [1.82, 2.24) is 10.2 Å². The fourth-order valence-electron chi connectivity index (χ4n) is 2.54. The van der Waals surface area contributed by atoms with Crippen molar-refractivity contribution in [3.63, 3.8) is 0 Å². The second-order valence-corrected chi connectivity index (χ2v) is 5.86. The zero-order valence-electron chi connectivity index (χ0n) is 12.8. The molecular weight excluding hydrogens is 312 g/mol. The Kier molecular flexibility index (Phi) is 3.72. The summed E-state index contributed by atoms with van der Waals surface area (Å²) in [4.78, 5) is 0. The molecule has 3 aromatic rings. The van der Waals surface area contributed by atoms with Crippen LogP contribution in [0.5, 0.6) is 0 Å². The lowest BCUT2D eigenvalue weighted by Crippen LogP contribution is -2.01. The van der Waals surface area contributed by atoms with Crippen LogP contribution in [0.4, 0.5) is 14.5 Å². The average Bonchev–Trinajstić information content (AvgIpc) is 3.33. The summed E-state index contributed by atoms with van der Waals surface area (Å²) in [7, 11) is 0. The second kappa shape index (κ2) is 6.03. The van der Waals surface area contributed by atoms with Crippen LogP contribution in [-0.4, -0.2) is 10.2 Å². The molecule has 24 heavy (non-hydrogen) atoms. The van der Waals surface area contributed by atoms with Gasteiger partial charge in [-0.05, 0) is 48.7 Å². The molecule has 1 aliphatic rings. The molecule has 1 N–H and O–H groups in total. The Morgan fingerprint density at radius 1 is 1.00 bits per heavy atom. The summed E-state index contributed by atoms with van der Waals surface area (Å²) in [5, 5.41) is 11.2. The Morgan fingerprint density at radius 3 is 2.50 bits per heavy atom. The standard InChI is InChI=1S/C18H15F2N3O/c19-13-5-3-11(4-6-13)15-9-14(20)7-8-16(15)21-10-17-22-23-18(24-17)12-1-2-12/h3-9,12,21H,1-2,10H2. The van der Waals surface area contributed by atoms with Gasteiger partial charge in [0.05, 0.1) is 6.54 Å². The molecule has 6 heteroatoms. The van der Waals surface area contributed by atoms with Crippen molar-refractivity contribution in [2.75, 3.05) is 5.32 Å². The van der Waals surface area contributed by atoms with Crippen LogP contribution >= 0.6 is 0 Å². The Labute approximate surface area is 137 Å². The molecule has 1 aromatic heterocycles. The Hall–Kier alpha value is -2.76. The van der Waals surface area contributed by atoms with Crippen LogP contribution in [0.1, 0.15) is 30.5 Å². The first kappa shape index (κ1) is 14.8. The lowest BCUT2D eigenvalue weighted by atomic mass is 10.0. The lowest BCUT2D eigenvalue weighted by Gasteiger charge is -2.11. The van der Waals surface area contributed by atoms with E-state index in [0.29, 0.717) is 35.5 Å². The Morgan fingerprint density at radius 2 is 1.75 bits per heavy atom. The first-order valence-electron chi connectivity index (χ1n) is 7.81. The normalized spacial score (nSPS) is 13.9. The first-order chi connectivity index (χ1) is 11.7. The van der Waals surface area contributed by atoms with E-state index in [2.05, 4.69) is 15.5 Å². The highest BCUT2D eigenvalue weighted by molar-refractivity contribution is 5.77. The molecule has 1 heterocycles. The van der Waals surface area contributed by atoms with E-state index >= 15 is 0 Å². The number of halogens is 2. The number of aromatic nitrogens is 2. The van der Waals surface area contributed by atoms with Crippen LogP contribution in [0.25, 0.3) is 11.1 Å². The molecular formula is C18H15F2N3O. The zero-order valence-corrected chi connectivity index (χ0v) is 12.8. The molecule has 4 rings (SSSR count). The number of rotatable bonds is 5. The summed E-state index contributed by atoms with van der Waals surface area (Å²) in [6.07, 6.45) is 2.20. The van der Waals surface area contributed by atoms with Crippen LogP contribution in [-0.2, 0) is 6.54 Å². The molecule has 1 fully saturated rings. The number of anilines is 1. The topological polar surface area (TPSA) is 51.0 Å². The van der Waals surface area contributed by atoms with Gasteiger partial charge < -0.3 is 9.73 Å². The Bertz CT molecular complexity index is 857. The monoisotopic (exact) mass is 327 g/mol. The molecule has 1 aliphatic carbocycles. The fraction of sp³-hybridized carbons (Fsp3) is 0.222. The predicted molar refractivity (Wildman–Crippen MR) is 85.4 cm³/mol. The number of benzene rings is 2. The molecule has 0 atom stereocenters. The first-order valence-corrected chi connectivity index (χ1v) is 7.81. The number of hydrogen-bond acceptors (Lipinski definition) is 4. The number of hydrogen-bond donors (Lipinski definition) is 1. The maximum atomic E-state index is 13.6. The molecule has 0 saturated heterocycles. The van der Waals surface area contributed by atoms with Gasteiger partial charge in [-0.1, -0.05) is 12.1 Å². The number of nitrogens with zero attached hydrogens (tertiary/aromatic N) is 2. The molecule has 0 unspecified atom stereocenters. The summed E-state index contributed by atoms with van der Waals surface area (Å²) < 4.78 is 32.3. The summed E-state index contributed by atoms with van der Waals surface area (Å²) in [6, 6.07) is 10.4. The minimum Gasteiger partial charge on any atom is -0.423 e. The molecule has 0 aliphatic heterocycles. The van der Waals surface area contributed by atoms with E-state index in [9.17, 15) is 8.78 Å². The third-order valence-electron chi connectivity index (χ3n) is 3.98. The summed E-state index contributed by atoms with van der Waals surface area (Å²) in [5.74, 6) is 0.902. The molecule has 0 amide bonds. The highest BCUT2D eigenvalue weighted by atomic mass is 19.1. The van der Waals surface area contributed by atoms with Gasteiger partial charge in [0, 0.05) is 17.2 Å². The largest absolute Gasteiger partial charge is 0.423 e. The van der Waals surface area contributed by atoms with Gasteiger partial charge in [0.25, 0.3) is 0 Å². The summed E-state index contributed by atoms with van der Waals surface area (Å²) in [5.41, 5.74) is 2.09. The minimum atomic E-state index is -0.353. The Balaban J connectivity index is 1.56. The quantitative estimate of drug-likeness (QED) is 0.749. The molecule has 0 radical (unpaired) electrons. The van der Waals surface area contributed by atoms with Crippen molar-refractivity contribution >= 4 is 5.69 Å². The van der Waals surface area contributed by atoms with E-state index in [1.807, 2.05) is 0 Å². The van der Waals surface area contributed by atoms with E-state index in [1.165, 1.54) is 24.3 Å². The maximum Gasteiger partial charge on any atom is 0.235 e. The fourth-order valence-corrected chi connectivity index (χ4v) is 2.54. The van der Waals surface area contributed by atoms with Crippen molar-refractivity contribution in [3.05, 3.63) is 65.9 Å². The van der Waals surface area contributed by atoms with Crippen molar-refractivity contribution in [2.24, 2.45) is 0 Å². The van der Waals surface area contributed by atoms with Gasteiger partial charge in [-0.2, -0.15) is 0 Å². The second-order valence-electron chi connectivity index (χ2n) is 5.86. The maximum absolute atomic E-state index is 13.6. The van der Waals surface area contributed by atoms with Gasteiger partial charge in [-0.15, -0.1) is 10.2 Å². The molecule has 1 saturated carbocycles. The smallest absolute Gasteiger partial charge is 0.235 e. The molecule has 122 valence electrons. The molecule has 0 bridgehead atoms. The zero-order chi connectivity index (χ0) is 16.5. The number of nitrogens with one attached hydrogen (secondary N) is 1. The van der Waals surface area contributed by atoms with Crippen LogP contribution in [0.15, 0.2) is 46.9 Å². The van der Waals surface area contributed by atoms with Crippen molar-refractivity contribution in [3.8, 4) is 11.1 Å². The van der Waals surface area contributed by atoms with E-state index in [4.69, 9.17) is 4.42 Å². The van der Waals surface area contributed by atoms with E-state index in [-0.39, 0.29) is 11.6 Å². The summed E-state index contributed by atoms with van der Waals surface area (Å²) >= 11 is 0. The van der Waals surface area contributed by atoms with E-state index in [0.717, 1.165) is 18.4 Å². The van der Waals surface area contributed by atoms with Gasteiger partial charge in [0.1, 0.15) is 11.6 Å². The highest BCUT2D eigenvalue weighted by Crippen LogP contribution is 2.39. The molecule has 4 nitrogen and oxygen atoms in total. The van der Waals surface area contributed by atoms with Gasteiger partial charge in [-0.25, -0.2) is 8.78 Å². The van der Waals surface area contributed by atoms with Crippen LogP contribution < -0.4 is 5.32 Å².